The monoisotopic (exact) mass is 376 g/mol. The van der Waals surface area contributed by atoms with Gasteiger partial charge in [-0.15, -0.1) is 0 Å². The first kappa shape index (κ1) is 18.9. The normalized spacial score (nSPS) is 16.8. The van der Waals surface area contributed by atoms with Crippen molar-refractivity contribution >= 4 is 11.9 Å². The largest absolute Gasteiger partial charge is 0.481 e. The lowest BCUT2D eigenvalue weighted by Gasteiger charge is -2.30. The zero-order chi connectivity index (χ0) is 19.2. The molecule has 8 heteroatoms. The molecule has 2 heterocycles. The van der Waals surface area contributed by atoms with E-state index in [1.807, 2.05) is 0 Å². The number of carbonyl (C=O) groups is 2. The van der Waals surface area contributed by atoms with Crippen LogP contribution in [0.25, 0.3) is 0 Å². The van der Waals surface area contributed by atoms with Gasteiger partial charge in [0.25, 0.3) is 5.91 Å². The first-order valence-corrected chi connectivity index (χ1v) is 8.86. The number of rotatable bonds is 6. The number of nitrogens with zero attached hydrogens (tertiary/aromatic N) is 2. The van der Waals surface area contributed by atoms with Crippen LogP contribution in [0, 0.1) is 11.7 Å². The number of carbonyl (C=O) groups excluding carboxylic acids is 2. The first-order valence-electron chi connectivity index (χ1n) is 8.86. The zero-order valence-electron chi connectivity index (χ0n) is 15.0. The fourth-order valence-corrected chi connectivity index (χ4v) is 2.95. The van der Waals surface area contributed by atoms with Crippen molar-refractivity contribution in [3.63, 3.8) is 0 Å². The van der Waals surface area contributed by atoms with Crippen LogP contribution in [0.15, 0.2) is 34.9 Å². The maximum Gasteiger partial charge on any atom is 0.310 e. The van der Waals surface area contributed by atoms with Gasteiger partial charge in [0.1, 0.15) is 6.26 Å². The van der Waals surface area contributed by atoms with Crippen molar-refractivity contribution in [2.24, 2.45) is 5.92 Å². The van der Waals surface area contributed by atoms with Crippen molar-refractivity contribution in [2.75, 3.05) is 19.7 Å². The summed E-state index contributed by atoms with van der Waals surface area (Å²) < 4.78 is 29.2. The third-order valence-corrected chi connectivity index (χ3v) is 4.29. The van der Waals surface area contributed by atoms with Crippen LogP contribution in [0.2, 0.25) is 0 Å². The van der Waals surface area contributed by atoms with Crippen LogP contribution in [0.4, 0.5) is 4.39 Å². The summed E-state index contributed by atoms with van der Waals surface area (Å²) in [5.41, 5.74) is 0.131. The highest BCUT2D eigenvalue weighted by Crippen LogP contribution is 2.21. The minimum atomic E-state index is -0.487. The highest BCUT2D eigenvalue weighted by molar-refractivity contribution is 5.92. The number of oxazole rings is 1. The highest BCUT2D eigenvalue weighted by atomic mass is 19.1. The van der Waals surface area contributed by atoms with Gasteiger partial charge in [-0.05, 0) is 31.9 Å². The molecule has 1 aromatic heterocycles. The molecule has 1 atom stereocenters. The Hall–Kier alpha value is -2.90. The van der Waals surface area contributed by atoms with Gasteiger partial charge >= 0.3 is 5.97 Å². The summed E-state index contributed by atoms with van der Waals surface area (Å²) in [6.07, 6.45) is 2.66. The molecular weight excluding hydrogens is 355 g/mol. The number of piperidine rings is 1. The minimum absolute atomic E-state index is 0.0804. The number of esters is 1. The summed E-state index contributed by atoms with van der Waals surface area (Å²) >= 11 is 0. The molecule has 1 fully saturated rings. The van der Waals surface area contributed by atoms with Crippen LogP contribution in [-0.2, 0) is 16.1 Å². The molecule has 144 valence electrons. The number of hydrogen-bond donors (Lipinski definition) is 0. The predicted molar refractivity (Wildman–Crippen MR) is 92.5 cm³/mol. The van der Waals surface area contributed by atoms with Crippen LogP contribution in [0.1, 0.15) is 36.1 Å². The van der Waals surface area contributed by atoms with Crippen LogP contribution < -0.4 is 4.74 Å². The van der Waals surface area contributed by atoms with E-state index >= 15 is 0 Å². The average molecular weight is 376 g/mol. The van der Waals surface area contributed by atoms with E-state index in [9.17, 15) is 14.0 Å². The van der Waals surface area contributed by atoms with Crippen molar-refractivity contribution in [1.82, 2.24) is 9.88 Å². The summed E-state index contributed by atoms with van der Waals surface area (Å²) in [6.45, 7) is 2.82. The molecule has 3 rings (SSSR count). The average Bonchev–Trinajstić information content (AvgIpc) is 3.16. The Morgan fingerprint density at radius 3 is 2.96 bits per heavy atom. The number of halogens is 1. The van der Waals surface area contributed by atoms with Crippen molar-refractivity contribution in [1.29, 1.82) is 0 Å². The Bertz CT molecular complexity index is 807. The van der Waals surface area contributed by atoms with Gasteiger partial charge < -0.3 is 18.8 Å². The number of hydrogen-bond acceptors (Lipinski definition) is 6. The fourth-order valence-electron chi connectivity index (χ4n) is 2.95. The standard InChI is InChI=1S/C19H21FN2O5/c1-2-25-19(24)13-6-5-9-22(10-13)18(23)15-11-27-17(21-15)12-26-16-8-4-3-7-14(16)20/h3-4,7-8,11,13H,2,5-6,9-10,12H2,1H3/t13-/m1/s1. The van der Waals surface area contributed by atoms with Gasteiger partial charge in [-0.25, -0.2) is 9.37 Å². The van der Waals surface area contributed by atoms with Gasteiger partial charge in [0.15, 0.2) is 23.9 Å². The van der Waals surface area contributed by atoms with Gasteiger partial charge in [0.05, 0.1) is 12.5 Å². The van der Waals surface area contributed by atoms with Crippen LogP contribution in [0.3, 0.4) is 0 Å². The Kier molecular flexibility index (Phi) is 6.05. The number of amides is 1. The maximum absolute atomic E-state index is 13.6. The molecule has 1 aliphatic heterocycles. The minimum Gasteiger partial charge on any atom is -0.481 e. The Morgan fingerprint density at radius 1 is 1.37 bits per heavy atom. The fraction of sp³-hybridized carbons (Fsp3) is 0.421. The van der Waals surface area contributed by atoms with Crippen LogP contribution in [0.5, 0.6) is 5.75 Å². The summed E-state index contributed by atoms with van der Waals surface area (Å²) in [5.74, 6) is -1.16. The molecule has 0 unspecified atom stereocenters. The van der Waals surface area contributed by atoms with E-state index in [4.69, 9.17) is 13.9 Å². The van der Waals surface area contributed by atoms with Crippen molar-refractivity contribution in [2.45, 2.75) is 26.4 Å². The smallest absolute Gasteiger partial charge is 0.310 e. The summed E-state index contributed by atoms with van der Waals surface area (Å²) in [7, 11) is 0. The molecule has 0 bridgehead atoms. The van der Waals surface area contributed by atoms with E-state index in [0.29, 0.717) is 26.1 Å². The molecule has 2 aromatic rings. The molecule has 27 heavy (non-hydrogen) atoms. The van der Waals surface area contributed by atoms with Gasteiger partial charge in [-0.3, -0.25) is 9.59 Å². The lowest BCUT2D eigenvalue weighted by molar-refractivity contribution is -0.149. The third kappa shape index (κ3) is 4.64. The number of aromatic nitrogens is 1. The Balaban J connectivity index is 1.59. The van der Waals surface area contributed by atoms with Crippen LogP contribution in [-0.4, -0.2) is 41.5 Å². The van der Waals surface area contributed by atoms with Gasteiger partial charge in [0, 0.05) is 13.1 Å². The van der Waals surface area contributed by atoms with E-state index in [1.165, 1.54) is 18.4 Å². The molecule has 0 saturated carbocycles. The van der Waals surface area contributed by atoms with Crippen molar-refractivity contribution in [3.8, 4) is 5.75 Å². The first-order chi connectivity index (χ1) is 13.1. The number of para-hydroxylation sites is 1. The van der Waals surface area contributed by atoms with E-state index < -0.39 is 5.82 Å². The molecule has 1 aromatic carbocycles. The van der Waals surface area contributed by atoms with Crippen molar-refractivity contribution in [3.05, 3.63) is 47.9 Å². The third-order valence-electron chi connectivity index (χ3n) is 4.29. The molecular formula is C19H21FN2O5. The Morgan fingerprint density at radius 2 is 2.19 bits per heavy atom. The molecule has 0 spiro atoms. The van der Waals surface area contributed by atoms with E-state index in [-0.39, 0.29) is 41.7 Å². The lowest BCUT2D eigenvalue weighted by Crippen LogP contribution is -2.43. The second-order valence-corrected chi connectivity index (χ2v) is 6.19. The summed E-state index contributed by atoms with van der Waals surface area (Å²) in [5, 5.41) is 0. The van der Waals surface area contributed by atoms with Crippen molar-refractivity contribution < 1.29 is 27.9 Å². The molecule has 1 saturated heterocycles. The summed E-state index contributed by atoms with van der Waals surface area (Å²) in [4.78, 5) is 30.2. The maximum atomic E-state index is 13.6. The molecule has 1 aliphatic rings. The van der Waals surface area contributed by atoms with E-state index in [1.54, 1.807) is 24.0 Å². The van der Waals surface area contributed by atoms with E-state index in [0.717, 1.165) is 6.42 Å². The van der Waals surface area contributed by atoms with Crippen LogP contribution >= 0.6 is 0 Å². The summed E-state index contributed by atoms with van der Waals surface area (Å²) in [6, 6.07) is 6.00. The molecule has 0 radical (unpaired) electrons. The molecule has 1 amide bonds. The second-order valence-electron chi connectivity index (χ2n) is 6.19. The number of benzene rings is 1. The highest BCUT2D eigenvalue weighted by Gasteiger charge is 2.31. The molecule has 0 N–H and O–H groups in total. The number of likely N-dealkylation sites (tertiary alicyclic amines) is 1. The SMILES string of the molecule is CCOC(=O)[C@@H]1CCCN(C(=O)c2coc(COc3ccccc3F)n2)C1. The van der Waals surface area contributed by atoms with Gasteiger partial charge in [0.2, 0.25) is 5.89 Å². The van der Waals surface area contributed by atoms with E-state index in [2.05, 4.69) is 4.98 Å². The lowest BCUT2D eigenvalue weighted by atomic mass is 9.98. The zero-order valence-corrected chi connectivity index (χ0v) is 15.0. The van der Waals surface area contributed by atoms with Gasteiger partial charge in [-0.1, -0.05) is 12.1 Å². The molecule has 7 nitrogen and oxygen atoms in total. The topological polar surface area (TPSA) is 81.9 Å². The predicted octanol–water partition coefficient (Wildman–Crippen LogP) is 2.81. The second kappa shape index (κ2) is 8.66. The Labute approximate surface area is 156 Å². The van der Waals surface area contributed by atoms with Gasteiger partial charge in [-0.2, -0.15) is 0 Å². The quantitative estimate of drug-likeness (QED) is 0.721. The molecule has 0 aliphatic carbocycles. The number of ether oxygens (including phenoxy) is 2.